The van der Waals surface area contributed by atoms with E-state index >= 15 is 0 Å². The molecule has 160 valence electrons. The third-order valence-electron chi connectivity index (χ3n) is 5.32. The molecule has 0 radical (unpaired) electrons. The van der Waals surface area contributed by atoms with E-state index in [9.17, 15) is 0 Å². The van der Waals surface area contributed by atoms with Gasteiger partial charge in [0, 0.05) is 45.1 Å². The van der Waals surface area contributed by atoms with E-state index in [2.05, 4.69) is 40.8 Å². The number of rotatable bonds is 7. The van der Waals surface area contributed by atoms with Crippen molar-refractivity contribution in [3.05, 3.63) is 59.8 Å². The van der Waals surface area contributed by atoms with Crippen LogP contribution in [-0.4, -0.2) is 64.1 Å². The van der Waals surface area contributed by atoms with Crippen molar-refractivity contribution in [3.8, 4) is 11.5 Å². The molecular formula is C23H29N3O4. The molecule has 0 aliphatic carbocycles. The zero-order chi connectivity index (χ0) is 20.9. The molecule has 2 heterocycles. The number of hydrogen-bond acceptors (Lipinski definition) is 7. The Hall–Kier alpha value is -2.90. The minimum Gasteiger partial charge on any atom is -0.493 e. The third kappa shape index (κ3) is 4.32. The van der Waals surface area contributed by atoms with Crippen LogP contribution in [0.5, 0.6) is 11.5 Å². The number of hydrogen-bond donors (Lipinski definition) is 1. The molecule has 7 heteroatoms. The van der Waals surface area contributed by atoms with Crippen molar-refractivity contribution < 1.29 is 18.9 Å². The first-order chi connectivity index (χ1) is 14.7. The molecule has 0 amide bonds. The van der Waals surface area contributed by atoms with Crippen molar-refractivity contribution in [1.29, 1.82) is 0 Å². The first-order valence-electron chi connectivity index (χ1n) is 10.2. The summed E-state index contributed by atoms with van der Waals surface area (Å²) in [6.45, 7) is 3.28. The first-order valence-corrected chi connectivity index (χ1v) is 10.2. The molecule has 2 aliphatic rings. The lowest BCUT2D eigenvalue weighted by Gasteiger charge is -2.39. The van der Waals surface area contributed by atoms with Crippen molar-refractivity contribution >= 4 is 11.4 Å². The Morgan fingerprint density at radius 1 is 1.10 bits per heavy atom. The quantitative estimate of drug-likeness (QED) is 0.701. The summed E-state index contributed by atoms with van der Waals surface area (Å²) >= 11 is 0. The molecule has 0 aromatic heterocycles. The molecule has 0 saturated carbocycles. The van der Waals surface area contributed by atoms with Gasteiger partial charge in [-0.1, -0.05) is 30.3 Å². The largest absolute Gasteiger partial charge is 0.493 e. The summed E-state index contributed by atoms with van der Waals surface area (Å²) in [5.41, 5.74) is 7.77. The maximum atomic E-state index is 6.07. The fraction of sp³-hybridized carbons (Fsp3) is 0.391. The minimum atomic E-state index is 0.0418. The summed E-state index contributed by atoms with van der Waals surface area (Å²) in [5.74, 6) is 1.40. The Morgan fingerprint density at radius 3 is 2.70 bits per heavy atom. The monoisotopic (exact) mass is 411 g/mol. The van der Waals surface area contributed by atoms with Crippen LogP contribution in [0.2, 0.25) is 0 Å². The SMILES string of the molecule is COCCOc1cc2c(cc1OC)NN(C)C=C2N1CCOC(c2ccccc2)C1. The van der Waals surface area contributed by atoms with Crippen LogP contribution < -0.4 is 14.9 Å². The standard InChI is InChI=1S/C23H29N3O4/c1-25-15-20(26-9-10-29-23(16-26)17-7-5-4-6-8-17)18-13-22(30-12-11-27-2)21(28-3)14-19(18)24-25/h4-8,13-15,23-24H,9-12,16H2,1-3H3. The van der Waals surface area contributed by atoms with E-state index in [0.717, 1.165) is 30.0 Å². The third-order valence-corrected chi connectivity index (χ3v) is 5.32. The molecule has 0 bridgehead atoms. The van der Waals surface area contributed by atoms with Gasteiger partial charge < -0.3 is 23.8 Å². The van der Waals surface area contributed by atoms with E-state index in [0.29, 0.717) is 31.3 Å². The zero-order valence-corrected chi connectivity index (χ0v) is 17.8. The lowest BCUT2D eigenvalue weighted by molar-refractivity contribution is -0.0104. The molecule has 1 unspecified atom stereocenters. The highest BCUT2D eigenvalue weighted by atomic mass is 16.5. The number of hydrazine groups is 1. The number of ether oxygens (including phenoxy) is 4. The minimum absolute atomic E-state index is 0.0418. The number of morpholine rings is 1. The van der Waals surface area contributed by atoms with E-state index in [1.54, 1.807) is 14.2 Å². The zero-order valence-electron chi connectivity index (χ0n) is 17.8. The molecule has 2 aromatic rings. The van der Waals surface area contributed by atoms with Gasteiger partial charge in [0.05, 0.1) is 31.7 Å². The average molecular weight is 412 g/mol. The highest BCUT2D eigenvalue weighted by Gasteiger charge is 2.28. The molecular weight excluding hydrogens is 382 g/mol. The van der Waals surface area contributed by atoms with Crippen molar-refractivity contribution in [3.63, 3.8) is 0 Å². The molecule has 1 N–H and O–H groups in total. The fourth-order valence-electron chi connectivity index (χ4n) is 3.84. The Kier molecular flexibility index (Phi) is 6.30. The van der Waals surface area contributed by atoms with Crippen LogP contribution in [0.1, 0.15) is 17.2 Å². The van der Waals surface area contributed by atoms with Gasteiger partial charge in [-0.25, -0.2) is 0 Å². The van der Waals surface area contributed by atoms with Gasteiger partial charge in [0.1, 0.15) is 12.7 Å². The number of benzene rings is 2. The van der Waals surface area contributed by atoms with Crippen LogP contribution in [-0.2, 0) is 9.47 Å². The number of nitrogens with one attached hydrogen (secondary N) is 1. The second-order valence-electron chi connectivity index (χ2n) is 7.34. The van der Waals surface area contributed by atoms with E-state index in [1.807, 2.05) is 30.3 Å². The number of anilines is 1. The van der Waals surface area contributed by atoms with Gasteiger partial charge in [-0.05, 0) is 11.6 Å². The summed E-state index contributed by atoms with van der Waals surface area (Å²) < 4.78 is 22.7. The lowest BCUT2D eigenvalue weighted by Crippen LogP contribution is -2.39. The number of methoxy groups -OCH3 is 2. The normalized spacial score (nSPS) is 18.4. The van der Waals surface area contributed by atoms with E-state index in [-0.39, 0.29) is 6.10 Å². The molecule has 1 fully saturated rings. The summed E-state index contributed by atoms with van der Waals surface area (Å²) in [7, 11) is 5.31. The Balaban J connectivity index is 1.63. The van der Waals surface area contributed by atoms with E-state index < -0.39 is 0 Å². The van der Waals surface area contributed by atoms with Gasteiger partial charge in [0.2, 0.25) is 0 Å². The van der Waals surface area contributed by atoms with Crippen LogP contribution in [0.15, 0.2) is 48.7 Å². The molecule has 4 rings (SSSR count). The highest BCUT2D eigenvalue weighted by Crippen LogP contribution is 2.41. The van der Waals surface area contributed by atoms with Crippen molar-refractivity contribution in [2.75, 3.05) is 59.6 Å². The molecule has 1 saturated heterocycles. The molecule has 2 aromatic carbocycles. The Labute approximate surface area is 177 Å². The molecule has 2 aliphatic heterocycles. The van der Waals surface area contributed by atoms with Gasteiger partial charge in [0.25, 0.3) is 0 Å². The van der Waals surface area contributed by atoms with Gasteiger partial charge in [0.15, 0.2) is 11.5 Å². The topological polar surface area (TPSA) is 55.4 Å². The summed E-state index contributed by atoms with van der Waals surface area (Å²) in [4.78, 5) is 2.38. The van der Waals surface area contributed by atoms with Gasteiger partial charge in [-0.15, -0.1) is 0 Å². The summed E-state index contributed by atoms with van der Waals surface area (Å²) in [6, 6.07) is 14.4. The van der Waals surface area contributed by atoms with E-state index in [4.69, 9.17) is 18.9 Å². The van der Waals surface area contributed by atoms with Crippen LogP contribution in [0, 0.1) is 0 Å². The predicted octanol–water partition coefficient (Wildman–Crippen LogP) is 3.36. The highest BCUT2D eigenvalue weighted by molar-refractivity contribution is 5.80. The van der Waals surface area contributed by atoms with Gasteiger partial charge >= 0.3 is 0 Å². The first kappa shape index (κ1) is 20.4. The second kappa shape index (κ2) is 9.28. The predicted molar refractivity (Wildman–Crippen MR) is 116 cm³/mol. The van der Waals surface area contributed by atoms with Crippen molar-refractivity contribution in [2.24, 2.45) is 0 Å². The smallest absolute Gasteiger partial charge is 0.162 e. The van der Waals surface area contributed by atoms with Crippen LogP contribution in [0.4, 0.5) is 5.69 Å². The lowest BCUT2D eigenvalue weighted by atomic mass is 10.0. The number of fused-ring (bicyclic) bond motifs is 1. The van der Waals surface area contributed by atoms with Crippen LogP contribution in [0.25, 0.3) is 5.70 Å². The Bertz CT molecular complexity index is 888. The molecule has 7 nitrogen and oxygen atoms in total. The van der Waals surface area contributed by atoms with E-state index in [1.165, 1.54) is 5.56 Å². The molecule has 0 spiro atoms. The Morgan fingerprint density at radius 2 is 1.93 bits per heavy atom. The van der Waals surface area contributed by atoms with Crippen molar-refractivity contribution in [1.82, 2.24) is 9.91 Å². The summed E-state index contributed by atoms with van der Waals surface area (Å²) in [6.07, 6.45) is 2.15. The average Bonchev–Trinajstić information content (AvgIpc) is 2.79. The maximum absolute atomic E-state index is 6.07. The van der Waals surface area contributed by atoms with Crippen LogP contribution in [0.3, 0.4) is 0 Å². The van der Waals surface area contributed by atoms with Gasteiger partial charge in [-0.3, -0.25) is 10.4 Å². The van der Waals surface area contributed by atoms with Crippen molar-refractivity contribution in [2.45, 2.75) is 6.10 Å². The summed E-state index contributed by atoms with van der Waals surface area (Å²) in [5, 5.41) is 1.97. The molecule has 30 heavy (non-hydrogen) atoms. The fourth-order valence-corrected chi connectivity index (χ4v) is 3.84. The molecule has 1 atom stereocenters. The maximum Gasteiger partial charge on any atom is 0.162 e. The number of nitrogens with zero attached hydrogens (tertiary/aromatic N) is 2. The van der Waals surface area contributed by atoms with Gasteiger partial charge in [-0.2, -0.15) is 0 Å². The van der Waals surface area contributed by atoms with Crippen LogP contribution >= 0.6 is 0 Å². The second-order valence-corrected chi connectivity index (χ2v) is 7.34.